The van der Waals surface area contributed by atoms with Gasteiger partial charge in [0.25, 0.3) is 5.91 Å². The molecule has 0 saturated carbocycles. The van der Waals surface area contributed by atoms with Crippen LogP contribution in [0.2, 0.25) is 5.02 Å². The summed E-state index contributed by atoms with van der Waals surface area (Å²) in [5.74, 6) is 0.900. The van der Waals surface area contributed by atoms with Crippen LogP contribution in [-0.2, 0) is 27.4 Å². The monoisotopic (exact) mass is 349 g/mol. The number of nitrogens with one attached hydrogen (secondary N) is 1. The lowest BCUT2D eigenvalue weighted by Crippen LogP contribution is -2.22. The van der Waals surface area contributed by atoms with Gasteiger partial charge in [-0.1, -0.05) is 29.8 Å². The fourth-order valence-corrected chi connectivity index (χ4v) is 2.79. The van der Waals surface area contributed by atoms with Gasteiger partial charge >= 0.3 is 0 Å². The largest absolute Gasteiger partial charge is 0.381 e. The number of anilines is 1. The van der Waals surface area contributed by atoms with Crippen molar-refractivity contribution < 1.29 is 14.3 Å². The van der Waals surface area contributed by atoms with Gasteiger partial charge in [0.2, 0.25) is 0 Å². The molecule has 7 heteroatoms. The molecule has 0 spiro atoms. The topological polar surface area (TPSA) is 65.4 Å². The van der Waals surface area contributed by atoms with Crippen molar-refractivity contribution in [3.05, 3.63) is 47.1 Å². The first-order valence-corrected chi connectivity index (χ1v) is 8.31. The number of nitrogens with zero attached hydrogens (tertiary/aromatic N) is 2. The first-order valence-electron chi connectivity index (χ1n) is 7.93. The smallest absolute Gasteiger partial charge is 0.251 e. The first-order chi connectivity index (χ1) is 11.7. The average Bonchev–Trinajstić information content (AvgIpc) is 3.22. The van der Waals surface area contributed by atoms with E-state index in [2.05, 4.69) is 10.4 Å². The van der Waals surface area contributed by atoms with Crippen LogP contribution in [0.1, 0.15) is 12.0 Å². The summed E-state index contributed by atoms with van der Waals surface area (Å²) < 4.78 is 12.6. The van der Waals surface area contributed by atoms with E-state index in [4.69, 9.17) is 21.1 Å². The predicted molar refractivity (Wildman–Crippen MR) is 90.9 cm³/mol. The zero-order valence-corrected chi connectivity index (χ0v) is 14.0. The lowest BCUT2D eigenvalue weighted by molar-refractivity contribution is -0.121. The van der Waals surface area contributed by atoms with Gasteiger partial charge < -0.3 is 14.8 Å². The summed E-state index contributed by atoms with van der Waals surface area (Å²) in [6.45, 7) is 2.54. The number of benzene rings is 1. The van der Waals surface area contributed by atoms with Crippen LogP contribution in [-0.4, -0.2) is 35.5 Å². The Morgan fingerprint density at radius 3 is 3.08 bits per heavy atom. The number of ether oxygens (including phenoxy) is 2. The fraction of sp³-hybridized carbons (Fsp3) is 0.412. The SMILES string of the molecule is O=C(COCc1ccccc1Cl)Nc1ccnn1C[C@@H]1CCOC1. The summed E-state index contributed by atoms with van der Waals surface area (Å²) >= 11 is 6.05. The molecule has 0 radical (unpaired) electrons. The molecule has 1 aromatic heterocycles. The van der Waals surface area contributed by atoms with E-state index in [-0.39, 0.29) is 12.5 Å². The Morgan fingerprint density at radius 1 is 1.42 bits per heavy atom. The maximum absolute atomic E-state index is 12.0. The van der Waals surface area contributed by atoms with E-state index in [0.29, 0.717) is 23.4 Å². The van der Waals surface area contributed by atoms with Crippen molar-refractivity contribution in [2.45, 2.75) is 19.6 Å². The van der Waals surface area contributed by atoms with E-state index in [1.165, 1.54) is 0 Å². The van der Waals surface area contributed by atoms with Crippen molar-refractivity contribution in [1.82, 2.24) is 9.78 Å². The van der Waals surface area contributed by atoms with Crippen LogP contribution in [0.5, 0.6) is 0 Å². The van der Waals surface area contributed by atoms with Crippen LogP contribution in [0.25, 0.3) is 0 Å². The second kappa shape index (κ2) is 8.28. The molecule has 0 unspecified atom stereocenters. The number of hydrogen-bond acceptors (Lipinski definition) is 4. The van der Waals surface area contributed by atoms with E-state index in [1.807, 2.05) is 18.2 Å². The van der Waals surface area contributed by atoms with Crippen molar-refractivity contribution in [3.63, 3.8) is 0 Å². The molecule has 1 N–H and O–H groups in total. The maximum Gasteiger partial charge on any atom is 0.251 e. The highest BCUT2D eigenvalue weighted by Gasteiger charge is 2.18. The van der Waals surface area contributed by atoms with Gasteiger partial charge in [-0.15, -0.1) is 0 Å². The second-order valence-electron chi connectivity index (χ2n) is 5.76. The number of amides is 1. The average molecular weight is 350 g/mol. The Balaban J connectivity index is 1.47. The Kier molecular flexibility index (Phi) is 5.85. The quantitative estimate of drug-likeness (QED) is 0.834. The predicted octanol–water partition coefficient (Wildman–Crippen LogP) is 2.73. The van der Waals surface area contributed by atoms with Crippen LogP contribution >= 0.6 is 11.6 Å². The third-order valence-corrected chi connectivity index (χ3v) is 4.26. The summed E-state index contributed by atoms with van der Waals surface area (Å²) in [5.41, 5.74) is 0.859. The van der Waals surface area contributed by atoms with Gasteiger partial charge in [0.05, 0.1) is 19.4 Å². The molecule has 1 aromatic carbocycles. The molecule has 1 saturated heterocycles. The molecule has 2 aromatic rings. The molecule has 1 fully saturated rings. The molecular weight excluding hydrogens is 330 g/mol. The van der Waals surface area contributed by atoms with Gasteiger partial charge in [-0.2, -0.15) is 5.10 Å². The maximum atomic E-state index is 12.0. The van der Waals surface area contributed by atoms with Gasteiger partial charge in [-0.3, -0.25) is 4.79 Å². The number of carbonyl (C=O) groups excluding carboxylic acids is 1. The number of rotatable bonds is 7. The normalized spacial score (nSPS) is 17.1. The van der Waals surface area contributed by atoms with Crippen LogP contribution < -0.4 is 5.32 Å². The third kappa shape index (κ3) is 4.56. The van der Waals surface area contributed by atoms with Crippen LogP contribution in [0.3, 0.4) is 0 Å². The fourth-order valence-electron chi connectivity index (χ4n) is 2.60. The summed E-state index contributed by atoms with van der Waals surface area (Å²) in [4.78, 5) is 12.0. The number of hydrogen-bond donors (Lipinski definition) is 1. The Bertz CT molecular complexity index is 683. The number of aromatic nitrogens is 2. The van der Waals surface area contributed by atoms with E-state index in [9.17, 15) is 4.79 Å². The molecule has 0 bridgehead atoms. The molecule has 128 valence electrons. The summed E-state index contributed by atoms with van der Waals surface area (Å²) in [7, 11) is 0. The summed E-state index contributed by atoms with van der Waals surface area (Å²) in [6.07, 6.45) is 2.70. The zero-order chi connectivity index (χ0) is 16.8. The van der Waals surface area contributed by atoms with Crippen molar-refractivity contribution in [3.8, 4) is 0 Å². The molecule has 1 amide bonds. The molecule has 6 nitrogen and oxygen atoms in total. The standard InChI is InChI=1S/C17H20ClN3O3/c18-15-4-2-1-3-14(15)11-24-12-17(22)20-16-5-7-19-21(16)9-13-6-8-23-10-13/h1-5,7,13H,6,8-12H2,(H,20,22)/t13-/m0/s1. The molecule has 1 atom stereocenters. The van der Waals surface area contributed by atoms with E-state index in [0.717, 1.165) is 31.7 Å². The van der Waals surface area contributed by atoms with Crippen molar-refractivity contribution in [1.29, 1.82) is 0 Å². The van der Waals surface area contributed by atoms with Crippen LogP contribution in [0.15, 0.2) is 36.5 Å². The van der Waals surface area contributed by atoms with Crippen LogP contribution in [0.4, 0.5) is 5.82 Å². The Labute approximate surface area is 145 Å². The lowest BCUT2D eigenvalue weighted by atomic mass is 10.1. The third-order valence-electron chi connectivity index (χ3n) is 3.89. The van der Waals surface area contributed by atoms with Gasteiger partial charge in [0.15, 0.2) is 0 Å². The first kappa shape index (κ1) is 17.0. The van der Waals surface area contributed by atoms with Gasteiger partial charge in [-0.25, -0.2) is 4.68 Å². The number of halogens is 1. The van der Waals surface area contributed by atoms with Crippen molar-refractivity contribution in [2.24, 2.45) is 5.92 Å². The van der Waals surface area contributed by atoms with Crippen molar-refractivity contribution in [2.75, 3.05) is 25.1 Å². The lowest BCUT2D eigenvalue weighted by Gasteiger charge is -2.12. The minimum absolute atomic E-state index is 0.0387. The van der Waals surface area contributed by atoms with Crippen LogP contribution in [0, 0.1) is 5.92 Å². The second-order valence-corrected chi connectivity index (χ2v) is 6.17. The van der Waals surface area contributed by atoms with E-state index < -0.39 is 0 Å². The zero-order valence-electron chi connectivity index (χ0n) is 13.3. The summed E-state index contributed by atoms with van der Waals surface area (Å²) in [5, 5.41) is 7.72. The van der Waals surface area contributed by atoms with Gasteiger partial charge in [0, 0.05) is 30.2 Å². The molecule has 2 heterocycles. The molecule has 24 heavy (non-hydrogen) atoms. The Hall–Kier alpha value is -1.89. The van der Waals surface area contributed by atoms with E-state index in [1.54, 1.807) is 23.0 Å². The van der Waals surface area contributed by atoms with Crippen molar-refractivity contribution >= 4 is 23.3 Å². The number of carbonyl (C=O) groups is 1. The van der Waals surface area contributed by atoms with Gasteiger partial charge in [0.1, 0.15) is 12.4 Å². The highest BCUT2D eigenvalue weighted by atomic mass is 35.5. The molecule has 0 aliphatic carbocycles. The summed E-state index contributed by atoms with van der Waals surface area (Å²) in [6, 6.07) is 9.19. The minimum atomic E-state index is -0.216. The highest BCUT2D eigenvalue weighted by molar-refractivity contribution is 6.31. The van der Waals surface area contributed by atoms with Gasteiger partial charge in [-0.05, 0) is 18.1 Å². The Morgan fingerprint density at radius 2 is 2.29 bits per heavy atom. The molecule has 1 aliphatic heterocycles. The minimum Gasteiger partial charge on any atom is -0.381 e. The van der Waals surface area contributed by atoms with E-state index >= 15 is 0 Å². The molecular formula is C17H20ClN3O3. The highest BCUT2D eigenvalue weighted by Crippen LogP contribution is 2.18. The molecule has 1 aliphatic rings. The molecule has 3 rings (SSSR count).